The van der Waals surface area contributed by atoms with Gasteiger partial charge < -0.3 is 5.32 Å². The largest absolute Gasteiger partial charge is 0.313 e. The van der Waals surface area contributed by atoms with Crippen LogP contribution in [0, 0.1) is 0 Å². The van der Waals surface area contributed by atoms with Crippen LogP contribution in [0.15, 0.2) is 28.7 Å². The summed E-state index contributed by atoms with van der Waals surface area (Å²) in [6, 6.07) is 9.09. The average molecular weight is 284 g/mol. The van der Waals surface area contributed by atoms with E-state index in [0.717, 1.165) is 6.54 Å². The van der Waals surface area contributed by atoms with Gasteiger partial charge in [-0.25, -0.2) is 0 Å². The first-order valence-electron chi connectivity index (χ1n) is 6.18. The molecule has 1 aromatic rings. The van der Waals surface area contributed by atoms with Crippen LogP contribution in [0.1, 0.15) is 45.1 Å². The van der Waals surface area contributed by atoms with E-state index in [-0.39, 0.29) is 0 Å². The summed E-state index contributed by atoms with van der Waals surface area (Å²) in [6.07, 6.45) is 2.36. The number of benzene rings is 1. The molecule has 0 spiro atoms. The summed E-state index contributed by atoms with van der Waals surface area (Å²) in [5.74, 6) is 0.548. The van der Waals surface area contributed by atoms with Crippen molar-refractivity contribution >= 4 is 15.9 Å². The van der Waals surface area contributed by atoms with E-state index in [0.29, 0.717) is 12.0 Å². The Bertz CT molecular complexity index is 311. The predicted octanol–water partition coefficient (Wildman–Crippen LogP) is 4.33. The molecule has 1 N–H and O–H groups in total. The van der Waals surface area contributed by atoms with Crippen molar-refractivity contribution in [3.8, 4) is 0 Å². The Hall–Kier alpha value is -0.340. The van der Waals surface area contributed by atoms with Crippen LogP contribution in [0.25, 0.3) is 0 Å². The highest BCUT2D eigenvalue weighted by molar-refractivity contribution is 9.10. The molecule has 1 rings (SSSR count). The molecule has 2 heteroatoms. The molecule has 0 saturated carbocycles. The standard InChI is InChI=1S/C14H22BrN/c1-4-10-16-14(5-2)11(3)12-8-6-7-9-13(12)15/h6-9,11,14,16H,4-5,10H2,1-3H3. The molecule has 0 aliphatic rings. The predicted molar refractivity (Wildman–Crippen MR) is 74.9 cm³/mol. The fraction of sp³-hybridized carbons (Fsp3) is 0.571. The molecular weight excluding hydrogens is 262 g/mol. The molecule has 0 aromatic heterocycles. The third-order valence-corrected chi connectivity index (χ3v) is 3.82. The van der Waals surface area contributed by atoms with Crippen LogP contribution in [-0.2, 0) is 0 Å². The van der Waals surface area contributed by atoms with Gasteiger partial charge in [0, 0.05) is 10.5 Å². The van der Waals surface area contributed by atoms with Gasteiger partial charge in [0.25, 0.3) is 0 Å². The molecule has 90 valence electrons. The lowest BCUT2D eigenvalue weighted by Gasteiger charge is -2.25. The lowest BCUT2D eigenvalue weighted by atomic mass is 9.91. The van der Waals surface area contributed by atoms with E-state index >= 15 is 0 Å². The van der Waals surface area contributed by atoms with E-state index in [4.69, 9.17) is 0 Å². The molecule has 16 heavy (non-hydrogen) atoms. The molecule has 1 aromatic carbocycles. The van der Waals surface area contributed by atoms with Crippen molar-refractivity contribution in [2.24, 2.45) is 0 Å². The summed E-state index contributed by atoms with van der Waals surface area (Å²) in [7, 11) is 0. The van der Waals surface area contributed by atoms with Gasteiger partial charge in [-0.2, -0.15) is 0 Å². The van der Waals surface area contributed by atoms with Crippen LogP contribution < -0.4 is 5.32 Å². The van der Waals surface area contributed by atoms with Gasteiger partial charge in [-0.3, -0.25) is 0 Å². The number of hydrogen-bond acceptors (Lipinski definition) is 1. The number of rotatable bonds is 6. The van der Waals surface area contributed by atoms with Crippen molar-refractivity contribution in [2.75, 3.05) is 6.54 Å². The van der Waals surface area contributed by atoms with Crippen LogP contribution in [0.4, 0.5) is 0 Å². The molecule has 0 heterocycles. The lowest BCUT2D eigenvalue weighted by Crippen LogP contribution is -2.33. The van der Waals surface area contributed by atoms with Crippen molar-refractivity contribution in [2.45, 2.75) is 45.6 Å². The maximum atomic E-state index is 3.63. The molecular formula is C14H22BrN. The first-order chi connectivity index (χ1) is 7.70. The third kappa shape index (κ3) is 3.60. The highest BCUT2D eigenvalue weighted by Gasteiger charge is 2.17. The van der Waals surface area contributed by atoms with Crippen molar-refractivity contribution in [3.05, 3.63) is 34.3 Å². The fourth-order valence-corrected chi connectivity index (χ4v) is 2.71. The number of hydrogen-bond donors (Lipinski definition) is 1. The monoisotopic (exact) mass is 283 g/mol. The molecule has 0 fully saturated rings. The minimum Gasteiger partial charge on any atom is -0.313 e. The van der Waals surface area contributed by atoms with Gasteiger partial charge in [-0.15, -0.1) is 0 Å². The zero-order valence-electron chi connectivity index (χ0n) is 10.5. The molecule has 2 unspecified atom stereocenters. The topological polar surface area (TPSA) is 12.0 Å². The van der Waals surface area contributed by atoms with Gasteiger partial charge >= 0.3 is 0 Å². The minimum atomic E-state index is 0.548. The first kappa shape index (κ1) is 13.7. The number of halogens is 1. The second-order valence-electron chi connectivity index (χ2n) is 4.28. The van der Waals surface area contributed by atoms with Gasteiger partial charge in [-0.05, 0) is 36.9 Å². The summed E-state index contributed by atoms with van der Waals surface area (Å²) in [4.78, 5) is 0. The zero-order chi connectivity index (χ0) is 12.0. The van der Waals surface area contributed by atoms with Crippen molar-refractivity contribution in [1.82, 2.24) is 5.32 Å². The smallest absolute Gasteiger partial charge is 0.0210 e. The highest BCUT2D eigenvalue weighted by Crippen LogP contribution is 2.28. The van der Waals surface area contributed by atoms with Crippen LogP contribution >= 0.6 is 15.9 Å². The normalized spacial score (nSPS) is 14.8. The van der Waals surface area contributed by atoms with E-state index < -0.39 is 0 Å². The van der Waals surface area contributed by atoms with Crippen LogP contribution in [0.5, 0.6) is 0 Å². The highest BCUT2D eigenvalue weighted by atomic mass is 79.9. The lowest BCUT2D eigenvalue weighted by molar-refractivity contribution is 0.437. The molecule has 0 aliphatic heterocycles. The molecule has 0 radical (unpaired) electrons. The van der Waals surface area contributed by atoms with Crippen molar-refractivity contribution in [3.63, 3.8) is 0 Å². The van der Waals surface area contributed by atoms with Gasteiger partial charge in [0.2, 0.25) is 0 Å². The van der Waals surface area contributed by atoms with Gasteiger partial charge in [-0.1, -0.05) is 54.9 Å². The van der Waals surface area contributed by atoms with E-state index in [1.165, 1.54) is 22.9 Å². The Balaban J connectivity index is 2.74. The summed E-state index contributed by atoms with van der Waals surface area (Å²) < 4.78 is 1.22. The van der Waals surface area contributed by atoms with Gasteiger partial charge in [0.15, 0.2) is 0 Å². The third-order valence-electron chi connectivity index (χ3n) is 3.10. The Morgan fingerprint density at radius 3 is 2.50 bits per heavy atom. The molecule has 0 aliphatic carbocycles. The number of nitrogens with one attached hydrogen (secondary N) is 1. The Labute approximate surface area is 108 Å². The second-order valence-corrected chi connectivity index (χ2v) is 5.13. The fourth-order valence-electron chi connectivity index (χ4n) is 2.07. The van der Waals surface area contributed by atoms with Gasteiger partial charge in [0.05, 0.1) is 0 Å². The Morgan fingerprint density at radius 1 is 1.25 bits per heavy atom. The average Bonchev–Trinajstić information content (AvgIpc) is 2.30. The molecule has 0 amide bonds. The summed E-state index contributed by atoms with van der Waals surface area (Å²) in [5.41, 5.74) is 1.40. The zero-order valence-corrected chi connectivity index (χ0v) is 12.0. The van der Waals surface area contributed by atoms with Gasteiger partial charge in [0.1, 0.15) is 0 Å². The van der Waals surface area contributed by atoms with Crippen molar-refractivity contribution in [1.29, 1.82) is 0 Å². The van der Waals surface area contributed by atoms with Crippen LogP contribution in [0.3, 0.4) is 0 Å². The maximum absolute atomic E-state index is 3.63. The molecule has 1 nitrogen and oxygen atoms in total. The van der Waals surface area contributed by atoms with Crippen molar-refractivity contribution < 1.29 is 0 Å². The molecule has 2 atom stereocenters. The Kier molecular flexibility index (Phi) is 6.07. The molecule has 0 saturated heterocycles. The summed E-state index contributed by atoms with van der Waals surface area (Å²) in [6.45, 7) is 7.87. The quantitative estimate of drug-likeness (QED) is 0.819. The first-order valence-corrected chi connectivity index (χ1v) is 6.97. The molecule has 0 bridgehead atoms. The Morgan fingerprint density at radius 2 is 1.94 bits per heavy atom. The SMILES string of the molecule is CCCNC(CC)C(C)c1ccccc1Br. The minimum absolute atomic E-state index is 0.548. The van der Waals surface area contributed by atoms with E-state index in [9.17, 15) is 0 Å². The van der Waals surface area contributed by atoms with Crippen LogP contribution in [0.2, 0.25) is 0 Å². The second kappa shape index (κ2) is 7.08. The van der Waals surface area contributed by atoms with E-state index in [2.05, 4.69) is 66.3 Å². The van der Waals surface area contributed by atoms with E-state index in [1.807, 2.05) is 0 Å². The summed E-state index contributed by atoms with van der Waals surface area (Å²) in [5, 5.41) is 3.62. The van der Waals surface area contributed by atoms with Crippen LogP contribution in [-0.4, -0.2) is 12.6 Å². The summed E-state index contributed by atoms with van der Waals surface area (Å²) >= 11 is 3.63. The maximum Gasteiger partial charge on any atom is 0.0210 e. The van der Waals surface area contributed by atoms with E-state index in [1.54, 1.807) is 0 Å².